The number of ether oxygens (including phenoxy) is 1. The Morgan fingerprint density at radius 2 is 2.06 bits per heavy atom. The van der Waals surface area contributed by atoms with Crippen LogP contribution < -0.4 is 15.4 Å². The lowest BCUT2D eigenvalue weighted by atomic mass is 10.0. The van der Waals surface area contributed by atoms with Crippen LogP contribution in [-0.2, 0) is 0 Å². The topological polar surface area (TPSA) is 92.3 Å². The first-order valence-electron chi connectivity index (χ1n) is 11.7. The Morgan fingerprint density at radius 3 is 2.76 bits per heavy atom. The SMILES string of the molecule is C=CCN1CCC(NC(=O)c2cnc(OC)c(Nc3ncc4cccc(C(C)C)c4n3)c2)CC1. The number of hydrogen-bond acceptors (Lipinski definition) is 7. The summed E-state index contributed by atoms with van der Waals surface area (Å²) < 4.78 is 5.41. The second-order valence-corrected chi connectivity index (χ2v) is 8.88. The molecule has 1 fully saturated rings. The number of nitrogens with one attached hydrogen (secondary N) is 2. The summed E-state index contributed by atoms with van der Waals surface area (Å²) in [6.07, 6.45) is 7.07. The van der Waals surface area contributed by atoms with E-state index in [0.717, 1.165) is 48.9 Å². The molecule has 8 heteroatoms. The van der Waals surface area contributed by atoms with Gasteiger partial charge in [0.2, 0.25) is 11.8 Å². The second kappa shape index (κ2) is 10.6. The highest BCUT2D eigenvalue weighted by Crippen LogP contribution is 2.28. The molecule has 1 aromatic carbocycles. The van der Waals surface area contributed by atoms with E-state index in [1.807, 2.05) is 18.2 Å². The van der Waals surface area contributed by atoms with Crippen molar-refractivity contribution < 1.29 is 9.53 Å². The fraction of sp³-hybridized carbons (Fsp3) is 0.385. The molecule has 1 aliphatic heterocycles. The van der Waals surface area contributed by atoms with E-state index in [2.05, 4.69) is 52.0 Å². The van der Waals surface area contributed by atoms with Gasteiger partial charge >= 0.3 is 0 Å². The van der Waals surface area contributed by atoms with Crippen molar-refractivity contribution in [2.24, 2.45) is 0 Å². The Bertz CT molecular complexity index is 1170. The smallest absolute Gasteiger partial charge is 0.253 e. The molecule has 178 valence electrons. The number of likely N-dealkylation sites (tertiary alicyclic amines) is 1. The number of amides is 1. The van der Waals surface area contributed by atoms with Crippen molar-refractivity contribution in [2.75, 3.05) is 32.1 Å². The minimum absolute atomic E-state index is 0.144. The van der Waals surface area contributed by atoms with Crippen molar-refractivity contribution in [1.82, 2.24) is 25.2 Å². The van der Waals surface area contributed by atoms with Gasteiger partial charge in [-0.1, -0.05) is 38.1 Å². The number of carbonyl (C=O) groups is 1. The van der Waals surface area contributed by atoms with Gasteiger partial charge in [0.25, 0.3) is 5.91 Å². The van der Waals surface area contributed by atoms with Crippen LogP contribution in [0.2, 0.25) is 0 Å². The monoisotopic (exact) mass is 460 g/mol. The van der Waals surface area contributed by atoms with Gasteiger partial charge in [0.15, 0.2) is 0 Å². The molecule has 0 atom stereocenters. The van der Waals surface area contributed by atoms with Gasteiger partial charge in [-0.05, 0) is 30.4 Å². The summed E-state index contributed by atoms with van der Waals surface area (Å²) in [5, 5.41) is 7.31. The van der Waals surface area contributed by atoms with Gasteiger partial charge in [-0.3, -0.25) is 9.69 Å². The first-order chi connectivity index (χ1) is 16.5. The predicted octanol–water partition coefficient (Wildman–Crippen LogP) is 4.28. The van der Waals surface area contributed by atoms with E-state index < -0.39 is 0 Å². The maximum atomic E-state index is 12.9. The largest absolute Gasteiger partial charge is 0.480 e. The fourth-order valence-electron chi connectivity index (χ4n) is 4.27. The number of rotatable bonds is 8. The maximum absolute atomic E-state index is 12.9. The molecule has 3 heterocycles. The van der Waals surface area contributed by atoms with Gasteiger partial charge in [0.1, 0.15) is 5.69 Å². The van der Waals surface area contributed by atoms with Gasteiger partial charge in [-0.2, -0.15) is 0 Å². The van der Waals surface area contributed by atoms with E-state index in [1.54, 1.807) is 19.4 Å². The third-order valence-electron chi connectivity index (χ3n) is 6.13. The molecule has 1 saturated heterocycles. The first kappa shape index (κ1) is 23.6. The lowest BCUT2D eigenvalue weighted by Gasteiger charge is -2.31. The summed E-state index contributed by atoms with van der Waals surface area (Å²) in [5.74, 6) is 0.975. The summed E-state index contributed by atoms with van der Waals surface area (Å²) in [5.41, 5.74) is 3.05. The molecule has 0 radical (unpaired) electrons. The zero-order valence-corrected chi connectivity index (χ0v) is 20.0. The highest BCUT2D eigenvalue weighted by Gasteiger charge is 2.21. The zero-order chi connectivity index (χ0) is 24.1. The van der Waals surface area contributed by atoms with Crippen molar-refractivity contribution in [3.05, 3.63) is 60.4 Å². The third kappa shape index (κ3) is 5.34. The van der Waals surface area contributed by atoms with Crippen LogP contribution >= 0.6 is 0 Å². The van der Waals surface area contributed by atoms with Crippen LogP contribution in [0.5, 0.6) is 5.88 Å². The Balaban J connectivity index is 1.52. The molecule has 1 amide bonds. The summed E-state index contributed by atoms with van der Waals surface area (Å²) in [7, 11) is 1.54. The number of para-hydroxylation sites is 1. The summed E-state index contributed by atoms with van der Waals surface area (Å²) in [4.78, 5) is 28.8. The fourth-order valence-corrected chi connectivity index (χ4v) is 4.27. The average Bonchev–Trinajstić information content (AvgIpc) is 2.85. The number of anilines is 2. The number of hydrogen-bond donors (Lipinski definition) is 2. The van der Waals surface area contributed by atoms with Crippen LogP contribution in [0.15, 0.2) is 49.3 Å². The Labute approximate surface area is 200 Å². The zero-order valence-electron chi connectivity index (χ0n) is 20.0. The van der Waals surface area contributed by atoms with Crippen LogP contribution in [0, 0.1) is 0 Å². The molecular weight excluding hydrogens is 428 g/mol. The Morgan fingerprint density at radius 1 is 1.26 bits per heavy atom. The number of piperidine rings is 1. The van der Waals surface area contributed by atoms with E-state index >= 15 is 0 Å². The molecule has 2 N–H and O–H groups in total. The molecule has 0 bridgehead atoms. The molecule has 0 unspecified atom stereocenters. The third-order valence-corrected chi connectivity index (χ3v) is 6.13. The first-order valence-corrected chi connectivity index (χ1v) is 11.7. The summed E-state index contributed by atoms with van der Waals surface area (Å²) in [6.45, 7) is 10.9. The molecule has 0 saturated carbocycles. The highest BCUT2D eigenvalue weighted by molar-refractivity contribution is 5.95. The van der Waals surface area contributed by atoms with E-state index in [4.69, 9.17) is 9.72 Å². The van der Waals surface area contributed by atoms with E-state index in [1.165, 1.54) is 6.20 Å². The molecule has 0 spiro atoms. The molecule has 0 aliphatic carbocycles. The van der Waals surface area contributed by atoms with Crippen molar-refractivity contribution >= 4 is 28.4 Å². The normalized spacial score (nSPS) is 14.8. The van der Waals surface area contributed by atoms with Crippen molar-refractivity contribution in [1.29, 1.82) is 0 Å². The number of fused-ring (bicyclic) bond motifs is 1. The standard InChI is InChI=1S/C26H32N6O2/c1-5-11-32-12-9-20(10-13-32)29-24(33)19-14-22(25(34-4)27-16-19)30-26-28-15-18-7-6-8-21(17(2)3)23(18)31-26/h5-8,14-17,20H,1,9-13H2,2-4H3,(H,29,33)(H,28,30,31). The van der Waals surface area contributed by atoms with E-state index in [9.17, 15) is 4.79 Å². The van der Waals surface area contributed by atoms with Crippen molar-refractivity contribution in [2.45, 2.75) is 38.6 Å². The number of aromatic nitrogens is 3. The van der Waals surface area contributed by atoms with Gasteiger partial charge in [0.05, 0.1) is 18.2 Å². The van der Waals surface area contributed by atoms with E-state index in [0.29, 0.717) is 29.0 Å². The highest BCUT2D eigenvalue weighted by atomic mass is 16.5. The van der Waals surface area contributed by atoms with E-state index in [-0.39, 0.29) is 11.9 Å². The van der Waals surface area contributed by atoms with Crippen LogP contribution in [0.3, 0.4) is 0 Å². The molecule has 34 heavy (non-hydrogen) atoms. The number of carbonyl (C=O) groups excluding carboxylic acids is 1. The molecule has 2 aromatic heterocycles. The molecular formula is C26H32N6O2. The quantitative estimate of drug-likeness (QED) is 0.485. The van der Waals surface area contributed by atoms with Gasteiger partial charge in [-0.25, -0.2) is 15.0 Å². The number of pyridine rings is 1. The molecule has 1 aliphatic rings. The Kier molecular flexibility index (Phi) is 7.37. The predicted molar refractivity (Wildman–Crippen MR) is 135 cm³/mol. The van der Waals surface area contributed by atoms with Gasteiger partial charge < -0.3 is 15.4 Å². The Hall–Kier alpha value is -3.52. The maximum Gasteiger partial charge on any atom is 0.253 e. The summed E-state index contributed by atoms with van der Waals surface area (Å²) in [6, 6.07) is 7.98. The van der Waals surface area contributed by atoms with Crippen LogP contribution in [0.25, 0.3) is 10.9 Å². The molecule has 4 rings (SSSR count). The molecule has 8 nitrogen and oxygen atoms in total. The number of nitrogens with zero attached hydrogens (tertiary/aromatic N) is 4. The average molecular weight is 461 g/mol. The van der Waals surface area contributed by atoms with Gasteiger partial charge in [0, 0.05) is 43.5 Å². The van der Waals surface area contributed by atoms with Crippen molar-refractivity contribution in [3.63, 3.8) is 0 Å². The van der Waals surface area contributed by atoms with Crippen LogP contribution in [0.1, 0.15) is 48.5 Å². The van der Waals surface area contributed by atoms with Crippen molar-refractivity contribution in [3.8, 4) is 5.88 Å². The van der Waals surface area contributed by atoms with Crippen LogP contribution in [-0.4, -0.2) is 58.5 Å². The van der Waals surface area contributed by atoms with Crippen LogP contribution in [0.4, 0.5) is 11.6 Å². The summed E-state index contributed by atoms with van der Waals surface area (Å²) >= 11 is 0. The number of methoxy groups -OCH3 is 1. The minimum Gasteiger partial charge on any atom is -0.480 e. The lowest BCUT2D eigenvalue weighted by Crippen LogP contribution is -2.44. The second-order valence-electron chi connectivity index (χ2n) is 8.88. The van der Waals surface area contributed by atoms with Gasteiger partial charge in [-0.15, -0.1) is 6.58 Å². The molecule has 3 aromatic rings. The minimum atomic E-state index is -0.151. The number of benzene rings is 1. The lowest BCUT2D eigenvalue weighted by molar-refractivity contribution is 0.0913.